The minimum atomic E-state index is -0.481. The third kappa shape index (κ3) is 6.12. The van der Waals surface area contributed by atoms with Gasteiger partial charge in [-0.3, -0.25) is 0 Å². The van der Waals surface area contributed by atoms with Crippen molar-refractivity contribution < 1.29 is 9.47 Å². The van der Waals surface area contributed by atoms with E-state index in [1.165, 1.54) is 170 Å². The van der Waals surface area contributed by atoms with E-state index >= 15 is 0 Å². The number of para-hydroxylation sites is 2. The third-order valence-corrected chi connectivity index (χ3v) is 21.3. The van der Waals surface area contributed by atoms with Crippen LogP contribution in [0.2, 0.25) is 0 Å². The first kappa shape index (κ1) is 32.8. The van der Waals surface area contributed by atoms with Crippen molar-refractivity contribution in [1.82, 2.24) is 0 Å². The van der Waals surface area contributed by atoms with Gasteiger partial charge >= 0.3 is 0 Å². The molecule has 260 valence electrons. The molecule has 0 aromatic heterocycles. The molecular formula is C44H62O2P2. The van der Waals surface area contributed by atoms with Gasteiger partial charge in [-0.15, -0.1) is 0 Å². The maximum atomic E-state index is 7.80. The minimum Gasteiger partial charge on any atom is -0.451 e. The lowest BCUT2D eigenvalue weighted by Crippen LogP contribution is -2.62. The lowest BCUT2D eigenvalue weighted by Gasteiger charge is -2.55. The summed E-state index contributed by atoms with van der Waals surface area (Å²) in [6.45, 7) is 0. The number of benzene rings is 2. The summed E-state index contributed by atoms with van der Waals surface area (Å²) in [5.74, 6) is 3.07. The molecule has 2 aromatic carbocycles. The highest BCUT2D eigenvalue weighted by Crippen LogP contribution is 2.61. The molecule has 2 aliphatic heterocycles. The number of rotatable bonds is 6. The zero-order valence-electron chi connectivity index (χ0n) is 29.8. The molecule has 5 aliphatic carbocycles. The van der Waals surface area contributed by atoms with Gasteiger partial charge in [0.15, 0.2) is 0 Å². The number of fused-ring (bicyclic) bond motifs is 2. The van der Waals surface area contributed by atoms with E-state index in [1.54, 1.807) is 10.6 Å². The monoisotopic (exact) mass is 684 g/mol. The summed E-state index contributed by atoms with van der Waals surface area (Å²) < 4.78 is 15.6. The Morgan fingerprint density at radius 3 is 1.12 bits per heavy atom. The summed E-state index contributed by atoms with van der Waals surface area (Å²) in [7, 11) is -0.447. The van der Waals surface area contributed by atoms with Gasteiger partial charge in [-0.2, -0.15) is 0 Å². The van der Waals surface area contributed by atoms with Crippen LogP contribution in [0.15, 0.2) is 36.4 Å². The average molecular weight is 685 g/mol. The van der Waals surface area contributed by atoms with Crippen molar-refractivity contribution >= 4 is 26.5 Å². The van der Waals surface area contributed by atoms with Crippen molar-refractivity contribution in [1.29, 1.82) is 0 Å². The van der Waals surface area contributed by atoms with Gasteiger partial charge in [-0.05, 0) is 111 Å². The SMILES string of the molecule is c1cc2c(c(P(C3CCCCC3)C3CCCCC3)c1)O[C@]13Oc4c(cccc4P(C4CCCCC4)C4CCCCC4)C[C@H]1CCCC3C2. The Bertz CT molecular complexity index is 1260. The molecule has 2 aromatic rings. The largest absolute Gasteiger partial charge is 0.451 e. The molecule has 5 fully saturated rings. The molecule has 1 spiro atoms. The Kier molecular flexibility index (Phi) is 9.90. The van der Waals surface area contributed by atoms with Crippen LogP contribution in [0, 0.1) is 11.8 Å². The minimum absolute atomic E-state index is 0.223. The van der Waals surface area contributed by atoms with Crippen LogP contribution in [-0.2, 0) is 12.8 Å². The van der Waals surface area contributed by atoms with Crippen LogP contribution < -0.4 is 20.1 Å². The maximum absolute atomic E-state index is 7.80. The molecule has 48 heavy (non-hydrogen) atoms. The molecule has 3 atom stereocenters. The van der Waals surface area contributed by atoms with E-state index in [0.29, 0.717) is 11.8 Å². The molecule has 0 N–H and O–H groups in total. The van der Waals surface area contributed by atoms with Gasteiger partial charge in [-0.1, -0.05) is 136 Å². The fraction of sp³-hybridized carbons (Fsp3) is 0.727. The Morgan fingerprint density at radius 1 is 0.417 bits per heavy atom. The predicted octanol–water partition coefficient (Wildman–Crippen LogP) is 11.9. The van der Waals surface area contributed by atoms with Crippen LogP contribution in [0.4, 0.5) is 0 Å². The molecule has 7 aliphatic rings. The molecule has 0 amide bonds. The van der Waals surface area contributed by atoms with E-state index in [9.17, 15) is 0 Å². The van der Waals surface area contributed by atoms with E-state index in [-0.39, 0.29) is 15.8 Å². The number of hydrogen-bond acceptors (Lipinski definition) is 2. The van der Waals surface area contributed by atoms with Gasteiger partial charge in [0.05, 0.1) is 0 Å². The van der Waals surface area contributed by atoms with E-state index in [4.69, 9.17) is 9.47 Å². The lowest BCUT2D eigenvalue weighted by molar-refractivity contribution is -0.225. The van der Waals surface area contributed by atoms with Gasteiger partial charge in [0.1, 0.15) is 11.5 Å². The third-order valence-electron chi connectivity index (χ3n) is 14.3. The fourth-order valence-electron chi connectivity index (χ4n) is 12.0. The highest BCUT2D eigenvalue weighted by Gasteiger charge is 2.58. The first-order valence-electron chi connectivity index (χ1n) is 21.0. The predicted molar refractivity (Wildman–Crippen MR) is 206 cm³/mol. The van der Waals surface area contributed by atoms with E-state index < -0.39 is 5.79 Å². The second kappa shape index (κ2) is 14.5. The van der Waals surface area contributed by atoms with Crippen molar-refractivity contribution in [3.63, 3.8) is 0 Å². The zero-order chi connectivity index (χ0) is 31.9. The molecule has 0 radical (unpaired) electrons. The van der Waals surface area contributed by atoms with Gasteiger partial charge < -0.3 is 9.47 Å². The highest BCUT2D eigenvalue weighted by atomic mass is 31.1. The standard InChI is InChI=1S/C44H62O2P2/c1-5-20-36(21-6-1)47(37-22-7-2-8-23-37)40-28-13-16-32-30-34-18-15-19-35-31-33-17-14-29-41(43(33)46-44(34,35)45-42(32)40)48(38-24-9-3-10-25-38)39-26-11-4-12-27-39/h13-14,16-17,28-29,34-39H,1-12,15,18-27,30-31H2/t34-,35?,44-/m1/s1. The second-order valence-corrected chi connectivity index (χ2v) is 22.7. The average Bonchev–Trinajstić information content (AvgIpc) is 3.15. The first-order valence-corrected chi connectivity index (χ1v) is 23.9. The van der Waals surface area contributed by atoms with Gasteiger partial charge in [0.2, 0.25) is 0 Å². The van der Waals surface area contributed by atoms with Crippen LogP contribution in [0.3, 0.4) is 0 Å². The summed E-state index contributed by atoms with van der Waals surface area (Å²) in [6, 6.07) is 14.8. The first-order chi connectivity index (χ1) is 23.8. The van der Waals surface area contributed by atoms with E-state index in [1.807, 2.05) is 0 Å². The molecule has 5 saturated carbocycles. The number of hydrogen-bond donors (Lipinski definition) is 0. The highest BCUT2D eigenvalue weighted by molar-refractivity contribution is 7.67. The normalized spacial score (nSPS) is 30.5. The smallest absolute Gasteiger partial charge is 0.257 e. The summed E-state index contributed by atoms with van der Waals surface area (Å²) in [5.41, 5.74) is 6.57. The van der Waals surface area contributed by atoms with Crippen molar-refractivity contribution in [2.24, 2.45) is 11.8 Å². The van der Waals surface area contributed by atoms with Crippen LogP contribution in [0.25, 0.3) is 0 Å². The van der Waals surface area contributed by atoms with Crippen molar-refractivity contribution in [2.45, 2.75) is 189 Å². The summed E-state index contributed by atoms with van der Waals surface area (Å²) in [6.07, 6.45) is 35.0. The van der Waals surface area contributed by atoms with Crippen molar-refractivity contribution in [3.8, 4) is 11.5 Å². The quantitative estimate of drug-likeness (QED) is 0.282. The Morgan fingerprint density at radius 2 is 0.771 bits per heavy atom. The lowest BCUT2D eigenvalue weighted by atomic mass is 9.68. The molecule has 4 heteroatoms. The van der Waals surface area contributed by atoms with Crippen molar-refractivity contribution in [2.75, 3.05) is 0 Å². The molecule has 2 nitrogen and oxygen atoms in total. The van der Waals surface area contributed by atoms with Gasteiger partial charge in [0, 0.05) is 22.4 Å². The molecule has 1 unspecified atom stereocenters. The Hall–Kier alpha value is -1.10. The van der Waals surface area contributed by atoms with Crippen LogP contribution in [0.5, 0.6) is 11.5 Å². The van der Waals surface area contributed by atoms with Gasteiger partial charge in [-0.25, -0.2) is 0 Å². The Labute approximate surface area is 294 Å². The molecule has 0 saturated heterocycles. The fourth-order valence-corrected chi connectivity index (χ4v) is 19.8. The van der Waals surface area contributed by atoms with Crippen LogP contribution >= 0.6 is 15.8 Å². The second-order valence-electron chi connectivity index (χ2n) is 17.2. The topological polar surface area (TPSA) is 18.5 Å². The zero-order valence-corrected chi connectivity index (χ0v) is 31.6. The van der Waals surface area contributed by atoms with Crippen LogP contribution in [0.1, 0.15) is 159 Å². The van der Waals surface area contributed by atoms with Gasteiger partial charge in [0.25, 0.3) is 5.79 Å². The van der Waals surface area contributed by atoms with Crippen LogP contribution in [-0.4, -0.2) is 28.4 Å². The Balaban J connectivity index is 1.11. The van der Waals surface area contributed by atoms with E-state index in [0.717, 1.165) is 35.5 Å². The molecule has 2 heterocycles. The molecular weight excluding hydrogens is 622 g/mol. The number of ether oxygens (including phenoxy) is 2. The maximum Gasteiger partial charge on any atom is 0.257 e. The molecule has 9 rings (SSSR count). The van der Waals surface area contributed by atoms with E-state index in [2.05, 4.69) is 36.4 Å². The summed E-state index contributed by atoms with van der Waals surface area (Å²) in [4.78, 5) is 0. The summed E-state index contributed by atoms with van der Waals surface area (Å²) in [5, 5.41) is 3.29. The summed E-state index contributed by atoms with van der Waals surface area (Å²) >= 11 is 0. The molecule has 0 bridgehead atoms. The van der Waals surface area contributed by atoms with Crippen molar-refractivity contribution in [3.05, 3.63) is 47.5 Å².